The Balaban J connectivity index is 1.61. The van der Waals surface area contributed by atoms with Crippen molar-refractivity contribution in [2.45, 2.75) is 51.1 Å². The summed E-state index contributed by atoms with van der Waals surface area (Å²) in [4.78, 5) is 15.0. The van der Waals surface area contributed by atoms with E-state index in [-0.39, 0.29) is 11.3 Å². The Hall–Kier alpha value is -0.610. The van der Waals surface area contributed by atoms with Gasteiger partial charge in [-0.3, -0.25) is 9.69 Å². The number of hydrogen-bond acceptors (Lipinski definition) is 3. The number of amides is 1. The average Bonchev–Trinajstić information content (AvgIpc) is 2.89. The van der Waals surface area contributed by atoms with Crippen molar-refractivity contribution in [2.24, 2.45) is 17.1 Å². The number of nitrogens with zero attached hydrogens (tertiary/aromatic N) is 1. The molecular formula is C14H25N3O. The van der Waals surface area contributed by atoms with Crippen LogP contribution < -0.4 is 11.1 Å². The van der Waals surface area contributed by atoms with E-state index in [4.69, 9.17) is 5.73 Å². The van der Waals surface area contributed by atoms with Crippen molar-refractivity contribution in [1.82, 2.24) is 10.2 Å². The van der Waals surface area contributed by atoms with Crippen LogP contribution in [0.15, 0.2) is 0 Å². The van der Waals surface area contributed by atoms with E-state index in [1.54, 1.807) is 0 Å². The van der Waals surface area contributed by atoms with Crippen LogP contribution in [0.5, 0.6) is 0 Å². The van der Waals surface area contributed by atoms with Crippen molar-refractivity contribution in [3.8, 4) is 0 Å². The zero-order valence-corrected chi connectivity index (χ0v) is 11.3. The van der Waals surface area contributed by atoms with Gasteiger partial charge in [0.1, 0.15) is 0 Å². The smallest absolute Gasteiger partial charge is 0.227 e. The van der Waals surface area contributed by atoms with Gasteiger partial charge in [0.25, 0.3) is 0 Å². The fourth-order valence-corrected chi connectivity index (χ4v) is 4.29. The summed E-state index contributed by atoms with van der Waals surface area (Å²) in [6.45, 7) is 5.08. The van der Waals surface area contributed by atoms with Gasteiger partial charge in [-0.15, -0.1) is 0 Å². The molecule has 0 aromatic heterocycles. The molecular weight excluding hydrogens is 226 g/mol. The number of carbonyl (C=O) groups is 1. The molecule has 2 saturated heterocycles. The molecule has 102 valence electrons. The number of nitrogens with two attached hydrogens (primary N) is 1. The van der Waals surface area contributed by atoms with E-state index in [2.05, 4.69) is 17.1 Å². The summed E-state index contributed by atoms with van der Waals surface area (Å²) in [5, 5.41) is 3.30. The Morgan fingerprint density at radius 2 is 2.17 bits per heavy atom. The highest BCUT2D eigenvalue weighted by Gasteiger charge is 2.48. The summed E-state index contributed by atoms with van der Waals surface area (Å²) in [5.74, 6) is 0.882. The van der Waals surface area contributed by atoms with Gasteiger partial charge in [-0.05, 0) is 44.6 Å². The molecule has 3 aliphatic rings. The molecule has 0 aromatic rings. The number of nitrogens with one attached hydrogen (secondary N) is 1. The molecule has 1 saturated carbocycles. The first-order valence-corrected chi connectivity index (χ1v) is 7.40. The van der Waals surface area contributed by atoms with Gasteiger partial charge in [0, 0.05) is 25.2 Å². The lowest BCUT2D eigenvalue weighted by atomic mass is 9.62. The predicted octanol–water partition coefficient (Wildman–Crippen LogP) is 0.714. The molecule has 1 amide bonds. The monoisotopic (exact) mass is 251 g/mol. The van der Waals surface area contributed by atoms with E-state index in [1.165, 1.54) is 19.4 Å². The fraction of sp³-hybridized carbons (Fsp3) is 0.929. The van der Waals surface area contributed by atoms with E-state index < -0.39 is 0 Å². The minimum Gasteiger partial charge on any atom is -0.351 e. The number of fused-ring (bicyclic) bond motifs is 1. The first-order valence-electron chi connectivity index (χ1n) is 7.40. The lowest BCUT2D eigenvalue weighted by Gasteiger charge is -2.45. The van der Waals surface area contributed by atoms with Gasteiger partial charge in [0.15, 0.2) is 0 Å². The van der Waals surface area contributed by atoms with Crippen LogP contribution in [0.3, 0.4) is 0 Å². The Labute approximate surface area is 109 Å². The highest BCUT2D eigenvalue weighted by molar-refractivity contribution is 5.84. The van der Waals surface area contributed by atoms with Crippen LogP contribution in [0.1, 0.15) is 39.0 Å². The first-order chi connectivity index (χ1) is 8.64. The van der Waals surface area contributed by atoms with E-state index >= 15 is 0 Å². The lowest BCUT2D eigenvalue weighted by Crippen LogP contribution is -2.56. The highest BCUT2D eigenvalue weighted by atomic mass is 16.2. The normalized spacial score (nSPS) is 43.6. The SMILES string of the molecule is CC1CC(CN)(C(=O)NC2CCN3CCCC23)C1. The maximum atomic E-state index is 12.5. The van der Waals surface area contributed by atoms with E-state index in [9.17, 15) is 4.79 Å². The molecule has 2 atom stereocenters. The number of hydrogen-bond donors (Lipinski definition) is 2. The molecule has 0 spiro atoms. The van der Waals surface area contributed by atoms with Crippen LogP contribution >= 0.6 is 0 Å². The van der Waals surface area contributed by atoms with Crippen LogP contribution in [0.2, 0.25) is 0 Å². The molecule has 2 heterocycles. The third-order valence-corrected chi connectivity index (χ3v) is 5.27. The number of rotatable bonds is 3. The second kappa shape index (κ2) is 4.49. The summed E-state index contributed by atoms with van der Waals surface area (Å²) in [6.07, 6.45) is 5.59. The molecule has 18 heavy (non-hydrogen) atoms. The van der Waals surface area contributed by atoms with Gasteiger partial charge in [-0.25, -0.2) is 0 Å². The molecule has 3 rings (SSSR count). The van der Waals surface area contributed by atoms with E-state index in [1.807, 2.05) is 0 Å². The van der Waals surface area contributed by atoms with Crippen molar-refractivity contribution in [3.05, 3.63) is 0 Å². The van der Waals surface area contributed by atoms with Gasteiger partial charge < -0.3 is 11.1 Å². The Bertz CT molecular complexity index is 338. The van der Waals surface area contributed by atoms with Crippen LogP contribution in [0.25, 0.3) is 0 Å². The average molecular weight is 251 g/mol. The summed E-state index contributed by atoms with van der Waals surface area (Å²) in [5.41, 5.74) is 5.60. The summed E-state index contributed by atoms with van der Waals surface area (Å²) < 4.78 is 0. The van der Waals surface area contributed by atoms with Crippen molar-refractivity contribution in [3.63, 3.8) is 0 Å². The fourth-order valence-electron chi connectivity index (χ4n) is 4.29. The topological polar surface area (TPSA) is 58.4 Å². The lowest BCUT2D eigenvalue weighted by molar-refractivity contribution is -0.139. The third-order valence-electron chi connectivity index (χ3n) is 5.27. The maximum absolute atomic E-state index is 12.5. The Morgan fingerprint density at radius 1 is 1.39 bits per heavy atom. The Morgan fingerprint density at radius 3 is 2.83 bits per heavy atom. The molecule has 4 nitrogen and oxygen atoms in total. The predicted molar refractivity (Wildman–Crippen MR) is 71.0 cm³/mol. The van der Waals surface area contributed by atoms with Crippen LogP contribution in [-0.4, -0.2) is 42.5 Å². The minimum atomic E-state index is -0.245. The molecule has 0 bridgehead atoms. The van der Waals surface area contributed by atoms with E-state index in [0.29, 0.717) is 24.5 Å². The van der Waals surface area contributed by atoms with Gasteiger partial charge in [0.05, 0.1) is 5.41 Å². The largest absolute Gasteiger partial charge is 0.351 e. The number of carbonyl (C=O) groups excluding carboxylic acids is 1. The van der Waals surface area contributed by atoms with Crippen molar-refractivity contribution in [2.75, 3.05) is 19.6 Å². The molecule has 3 N–H and O–H groups in total. The van der Waals surface area contributed by atoms with Gasteiger partial charge in [0.2, 0.25) is 5.91 Å². The third kappa shape index (κ3) is 1.86. The van der Waals surface area contributed by atoms with Crippen LogP contribution in [-0.2, 0) is 4.79 Å². The summed E-state index contributed by atoms with van der Waals surface area (Å²) >= 11 is 0. The summed E-state index contributed by atoms with van der Waals surface area (Å²) in [7, 11) is 0. The maximum Gasteiger partial charge on any atom is 0.227 e. The second-order valence-corrected chi connectivity index (χ2v) is 6.61. The Kier molecular flexibility index (Phi) is 3.10. The zero-order chi connectivity index (χ0) is 12.8. The molecule has 0 radical (unpaired) electrons. The molecule has 3 fully saturated rings. The van der Waals surface area contributed by atoms with Crippen molar-refractivity contribution >= 4 is 5.91 Å². The molecule has 0 aromatic carbocycles. The van der Waals surface area contributed by atoms with E-state index in [0.717, 1.165) is 25.8 Å². The van der Waals surface area contributed by atoms with Gasteiger partial charge in [-0.2, -0.15) is 0 Å². The quantitative estimate of drug-likeness (QED) is 0.777. The molecule has 1 aliphatic carbocycles. The zero-order valence-electron chi connectivity index (χ0n) is 11.3. The molecule has 2 unspecified atom stereocenters. The second-order valence-electron chi connectivity index (χ2n) is 6.61. The first kappa shape index (κ1) is 12.4. The van der Waals surface area contributed by atoms with Crippen LogP contribution in [0, 0.1) is 11.3 Å². The van der Waals surface area contributed by atoms with Crippen molar-refractivity contribution < 1.29 is 4.79 Å². The minimum absolute atomic E-state index is 0.224. The van der Waals surface area contributed by atoms with Gasteiger partial charge in [-0.1, -0.05) is 6.92 Å². The molecule has 4 heteroatoms. The molecule has 2 aliphatic heterocycles. The van der Waals surface area contributed by atoms with Crippen molar-refractivity contribution in [1.29, 1.82) is 0 Å². The van der Waals surface area contributed by atoms with Gasteiger partial charge >= 0.3 is 0 Å². The summed E-state index contributed by atoms with van der Waals surface area (Å²) in [6, 6.07) is 0.973. The van der Waals surface area contributed by atoms with Crippen LogP contribution in [0.4, 0.5) is 0 Å². The standard InChI is InChI=1S/C14H25N3O/c1-10-7-14(8-10,9-15)13(18)16-11-4-6-17-5-2-3-12(11)17/h10-12H,2-9,15H2,1H3,(H,16,18). The highest BCUT2D eigenvalue weighted by Crippen LogP contribution is 2.45.